The van der Waals surface area contributed by atoms with Crippen molar-refractivity contribution in [2.45, 2.75) is 4.90 Å². The lowest BCUT2D eigenvalue weighted by molar-refractivity contribution is -0.127. The smallest absolute Gasteiger partial charge is 0.246 e. The first kappa shape index (κ1) is 19.2. The van der Waals surface area contributed by atoms with Crippen LogP contribution in [0, 0.1) is 11.6 Å². The fraction of sp³-hybridized carbons (Fsp3) is 0.294. The molecule has 0 unspecified atom stereocenters. The Bertz CT molecular complexity index is 980. The molecule has 1 aliphatic heterocycles. The topological polar surface area (TPSA) is 75.5 Å². The average Bonchev–Trinajstić information content (AvgIpc) is 3.07. The first-order chi connectivity index (χ1) is 12.8. The molecule has 1 aromatic carbocycles. The highest BCUT2D eigenvalue weighted by Gasteiger charge is 2.31. The monoisotopic (exact) mass is 396 g/mol. The van der Waals surface area contributed by atoms with Crippen molar-refractivity contribution in [3.63, 3.8) is 0 Å². The highest BCUT2D eigenvalue weighted by molar-refractivity contribution is 7.89. The lowest BCUT2D eigenvalue weighted by atomic mass is 10.3. The molecular formula is C17H18F2N4O3S. The van der Waals surface area contributed by atoms with Gasteiger partial charge >= 0.3 is 0 Å². The molecule has 2 heterocycles. The standard InChI is InChI=1S/C17H18F2N4O3S/c1-21-12-13(11-20-21)2-5-17(24)22-6-8-23(9-7-22)27(25,26)16-10-14(18)3-4-15(16)19/h2-5,10-12H,6-9H2,1H3. The first-order valence-corrected chi connectivity index (χ1v) is 9.62. The molecule has 7 nitrogen and oxygen atoms in total. The summed E-state index contributed by atoms with van der Waals surface area (Å²) in [6.07, 6.45) is 6.39. The SMILES string of the molecule is Cn1cc(C=CC(=O)N2CCN(S(=O)(=O)c3cc(F)ccc3F)CC2)cn1. The van der Waals surface area contributed by atoms with Crippen molar-refractivity contribution in [3.05, 3.63) is 53.9 Å². The van der Waals surface area contributed by atoms with E-state index in [9.17, 15) is 22.0 Å². The molecular weight excluding hydrogens is 378 g/mol. The molecule has 0 N–H and O–H groups in total. The number of rotatable bonds is 4. The van der Waals surface area contributed by atoms with Crippen LogP contribution in [0.1, 0.15) is 5.56 Å². The maximum Gasteiger partial charge on any atom is 0.246 e. The van der Waals surface area contributed by atoms with Crippen LogP contribution < -0.4 is 0 Å². The number of amides is 1. The van der Waals surface area contributed by atoms with E-state index in [2.05, 4.69) is 5.10 Å². The Labute approximate surface area is 155 Å². The number of carbonyl (C=O) groups excluding carboxylic acids is 1. The van der Waals surface area contributed by atoms with Crippen LogP contribution in [0.15, 0.2) is 41.6 Å². The number of aromatic nitrogens is 2. The summed E-state index contributed by atoms with van der Waals surface area (Å²) in [5, 5.41) is 4.00. The van der Waals surface area contributed by atoms with Crippen LogP contribution in [0.3, 0.4) is 0 Å². The molecule has 1 amide bonds. The van der Waals surface area contributed by atoms with Gasteiger partial charge in [0.2, 0.25) is 15.9 Å². The zero-order valence-electron chi connectivity index (χ0n) is 14.5. The summed E-state index contributed by atoms with van der Waals surface area (Å²) in [7, 11) is -2.40. The average molecular weight is 396 g/mol. The molecule has 1 fully saturated rings. The van der Waals surface area contributed by atoms with Crippen molar-refractivity contribution >= 4 is 22.0 Å². The summed E-state index contributed by atoms with van der Waals surface area (Å²) in [6, 6.07) is 2.31. The van der Waals surface area contributed by atoms with Gasteiger partial charge in [-0.15, -0.1) is 0 Å². The van der Waals surface area contributed by atoms with E-state index in [1.54, 1.807) is 30.2 Å². The Hall–Kier alpha value is -2.59. The number of benzene rings is 1. The number of nitrogens with zero attached hydrogens (tertiary/aromatic N) is 4. The van der Waals surface area contributed by atoms with Gasteiger partial charge in [0.1, 0.15) is 16.5 Å². The van der Waals surface area contributed by atoms with Crippen molar-refractivity contribution in [2.24, 2.45) is 7.05 Å². The fourth-order valence-corrected chi connectivity index (χ4v) is 4.26. The summed E-state index contributed by atoms with van der Waals surface area (Å²) < 4.78 is 54.9. The zero-order valence-corrected chi connectivity index (χ0v) is 15.4. The molecule has 1 aromatic heterocycles. The second kappa shape index (κ2) is 7.57. The quantitative estimate of drug-likeness (QED) is 0.729. The van der Waals surface area contributed by atoms with Crippen LogP contribution in [0.5, 0.6) is 0 Å². The van der Waals surface area contributed by atoms with Gasteiger partial charge in [-0.25, -0.2) is 17.2 Å². The third-order valence-corrected chi connectivity index (χ3v) is 6.12. The maximum absolute atomic E-state index is 13.8. The van der Waals surface area contributed by atoms with E-state index in [-0.39, 0.29) is 32.1 Å². The lowest BCUT2D eigenvalue weighted by Crippen LogP contribution is -2.50. The molecule has 2 aromatic rings. The van der Waals surface area contributed by atoms with E-state index in [0.29, 0.717) is 6.07 Å². The molecule has 144 valence electrons. The molecule has 1 aliphatic rings. The van der Waals surface area contributed by atoms with Gasteiger partial charge < -0.3 is 4.90 Å². The number of halogens is 2. The van der Waals surface area contributed by atoms with Crippen LogP contribution >= 0.6 is 0 Å². The third kappa shape index (κ3) is 4.22. The van der Waals surface area contributed by atoms with E-state index in [1.807, 2.05) is 0 Å². The minimum Gasteiger partial charge on any atom is -0.337 e. The highest BCUT2D eigenvalue weighted by Crippen LogP contribution is 2.21. The van der Waals surface area contributed by atoms with Gasteiger partial charge in [0.25, 0.3) is 0 Å². The summed E-state index contributed by atoms with van der Waals surface area (Å²) in [5.74, 6) is -2.09. The Morgan fingerprint density at radius 3 is 2.52 bits per heavy atom. The van der Waals surface area contributed by atoms with Gasteiger partial charge in [-0.3, -0.25) is 9.48 Å². The lowest BCUT2D eigenvalue weighted by Gasteiger charge is -2.33. The highest BCUT2D eigenvalue weighted by atomic mass is 32.2. The number of piperazine rings is 1. The number of aryl methyl sites for hydroxylation is 1. The number of hydrogen-bond donors (Lipinski definition) is 0. The predicted octanol–water partition coefficient (Wildman–Crippen LogP) is 1.24. The third-order valence-electron chi connectivity index (χ3n) is 4.20. The van der Waals surface area contributed by atoms with E-state index < -0.39 is 26.6 Å². The number of hydrogen-bond acceptors (Lipinski definition) is 4. The minimum atomic E-state index is -4.17. The first-order valence-electron chi connectivity index (χ1n) is 8.18. The van der Waals surface area contributed by atoms with Crippen molar-refractivity contribution in [1.82, 2.24) is 19.0 Å². The molecule has 10 heteroatoms. The fourth-order valence-electron chi connectivity index (χ4n) is 2.76. The number of sulfonamides is 1. The van der Waals surface area contributed by atoms with Crippen LogP contribution in [0.25, 0.3) is 6.08 Å². The normalized spacial score (nSPS) is 16.2. The van der Waals surface area contributed by atoms with E-state index in [4.69, 9.17) is 0 Å². The molecule has 1 saturated heterocycles. The molecule has 0 aliphatic carbocycles. The maximum atomic E-state index is 13.8. The minimum absolute atomic E-state index is 0.00472. The summed E-state index contributed by atoms with van der Waals surface area (Å²) in [5.41, 5.74) is 0.772. The Morgan fingerprint density at radius 1 is 1.19 bits per heavy atom. The zero-order chi connectivity index (χ0) is 19.6. The second-order valence-corrected chi connectivity index (χ2v) is 7.99. The van der Waals surface area contributed by atoms with Gasteiger partial charge in [-0.2, -0.15) is 9.40 Å². The van der Waals surface area contributed by atoms with Crippen molar-refractivity contribution in [1.29, 1.82) is 0 Å². The van der Waals surface area contributed by atoms with Crippen LogP contribution in [0.4, 0.5) is 8.78 Å². The Kier molecular flexibility index (Phi) is 5.38. The van der Waals surface area contributed by atoms with Gasteiger partial charge in [0.05, 0.1) is 6.20 Å². The van der Waals surface area contributed by atoms with Crippen molar-refractivity contribution in [3.8, 4) is 0 Å². The summed E-state index contributed by atoms with van der Waals surface area (Å²) in [4.78, 5) is 13.0. The van der Waals surface area contributed by atoms with Crippen LogP contribution in [-0.2, 0) is 21.9 Å². The summed E-state index contributed by atoms with van der Waals surface area (Å²) in [6.45, 7) is 0.328. The van der Waals surface area contributed by atoms with Crippen molar-refractivity contribution in [2.75, 3.05) is 26.2 Å². The van der Waals surface area contributed by atoms with Gasteiger partial charge in [-0.05, 0) is 24.3 Å². The molecule has 0 bridgehead atoms. The van der Waals surface area contributed by atoms with Crippen LogP contribution in [-0.4, -0.2) is 59.5 Å². The van der Waals surface area contributed by atoms with Gasteiger partial charge in [0, 0.05) is 51.1 Å². The molecule has 0 radical (unpaired) electrons. The van der Waals surface area contributed by atoms with Gasteiger partial charge in [0.15, 0.2) is 0 Å². The predicted molar refractivity (Wildman–Crippen MR) is 93.9 cm³/mol. The van der Waals surface area contributed by atoms with Crippen LogP contribution in [0.2, 0.25) is 0 Å². The summed E-state index contributed by atoms with van der Waals surface area (Å²) >= 11 is 0. The molecule has 27 heavy (non-hydrogen) atoms. The van der Waals surface area contributed by atoms with Gasteiger partial charge in [-0.1, -0.05) is 0 Å². The largest absolute Gasteiger partial charge is 0.337 e. The van der Waals surface area contributed by atoms with E-state index in [0.717, 1.165) is 22.0 Å². The second-order valence-electron chi connectivity index (χ2n) is 6.08. The van der Waals surface area contributed by atoms with E-state index >= 15 is 0 Å². The molecule has 0 saturated carbocycles. The van der Waals surface area contributed by atoms with E-state index in [1.165, 1.54) is 11.0 Å². The molecule has 0 spiro atoms. The Morgan fingerprint density at radius 2 is 1.89 bits per heavy atom. The Balaban J connectivity index is 1.65. The van der Waals surface area contributed by atoms with Crippen molar-refractivity contribution < 1.29 is 22.0 Å². The number of carbonyl (C=O) groups is 1. The molecule has 3 rings (SSSR count). The molecule has 0 atom stereocenters.